The van der Waals surface area contributed by atoms with Crippen molar-refractivity contribution in [2.75, 3.05) is 0 Å². The lowest BCUT2D eigenvalue weighted by atomic mass is 10.00. The number of halogens is 3. The second-order valence-corrected chi connectivity index (χ2v) is 6.39. The summed E-state index contributed by atoms with van der Waals surface area (Å²) in [5.74, 6) is -0.0709. The zero-order valence-corrected chi connectivity index (χ0v) is 13.8. The van der Waals surface area contributed by atoms with Crippen molar-refractivity contribution in [3.05, 3.63) is 80.2 Å². The fraction of sp³-hybridized carbons (Fsp3) is 0. The number of hydrogen-bond acceptors (Lipinski definition) is 1. The van der Waals surface area contributed by atoms with Gasteiger partial charge in [-0.2, -0.15) is 0 Å². The van der Waals surface area contributed by atoms with Gasteiger partial charge in [0.15, 0.2) is 5.78 Å². The molecule has 0 aliphatic rings. The highest BCUT2D eigenvalue weighted by atomic mass is 79.9. The molecular weight excluding hydrogens is 371 g/mol. The number of hydrogen-bond donors (Lipinski definition) is 0. The largest absolute Gasteiger partial charge is 0.289 e. The van der Waals surface area contributed by atoms with Crippen molar-refractivity contribution in [2.45, 2.75) is 0 Å². The Morgan fingerprint density at radius 1 is 0.762 bits per heavy atom. The lowest BCUT2D eigenvalue weighted by molar-refractivity contribution is 0.103. The lowest BCUT2D eigenvalue weighted by Gasteiger charge is -2.05. The molecule has 3 rings (SSSR count). The van der Waals surface area contributed by atoms with Gasteiger partial charge in [0.05, 0.1) is 10.0 Å². The predicted molar refractivity (Wildman–Crippen MR) is 91.5 cm³/mol. The zero-order chi connectivity index (χ0) is 15.0. The summed E-state index contributed by atoms with van der Waals surface area (Å²) >= 11 is 15.3. The summed E-state index contributed by atoms with van der Waals surface area (Å²) in [6.07, 6.45) is 0. The molecule has 0 unspecified atom stereocenters. The Labute approximate surface area is 140 Å². The predicted octanol–water partition coefficient (Wildman–Crippen LogP) is 6.14. The molecule has 0 atom stereocenters. The Kier molecular flexibility index (Phi) is 4.03. The van der Waals surface area contributed by atoms with E-state index in [9.17, 15) is 4.79 Å². The van der Waals surface area contributed by atoms with Crippen molar-refractivity contribution in [1.82, 2.24) is 0 Å². The minimum Gasteiger partial charge on any atom is -0.289 e. The molecule has 0 saturated carbocycles. The molecule has 21 heavy (non-hydrogen) atoms. The molecule has 0 fully saturated rings. The lowest BCUT2D eigenvalue weighted by Crippen LogP contribution is -2.01. The smallest absolute Gasteiger partial charge is 0.193 e. The normalized spacial score (nSPS) is 10.8. The van der Waals surface area contributed by atoms with Crippen molar-refractivity contribution < 1.29 is 4.79 Å². The number of carbonyl (C=O) groups is 1. The van der Waals surface area contributed by atoms with Gasteiger partial charge in [-0.15, -0.1) is 0 Å². The molecule has 0 bridgehead atoms. The molecule has 0 aliphatic carbocycles. The molecule has 0 spiro atoms. The highest BCUT2D eigenvalue weighted by molar-refractivity contribution is 9.10. The van der Waals surface area contributed by atoms with Crippen LogP contribution in [0.4, 0.5) is 0 Å². The molecule has 0 aliphatic heterocycles. The summed E-state index contributed by atoms with van der Waals surface area (Å²) in [7, 11) is 0. The standard InChI is InChI=1S/C17H9BrCl2O/c18-14-5-3-10-7-12(2-1-11(10)8-14)17(21)13-4-6-15(19)16(20)9-13/h1-9H. The van der Waals surface area contributed by atoms with Crippen LogP contribution >= 0.6 is 39.1 Å². The fourth-order valence-corrected chi connectivity index (χ4v) is 2.84. The van der Waals surface area contributed by atoms with Crippen molar-refractivity contribution in [2.24, 2.45) is 0 Å². The van der Waals surface area contributed by atoms with Gasteiger partial charge in [-0.25, -0.2) is 0 Å². The van der Waals surface area contributed by atoms with Crippen LogP contribution < -0.4 is 0 Å². The van der Waals surface area contributed by atoms with Crippen LogP contribution in [-0.2, 0) is 0 Å². The first kappa shape index (κ1) is 14.6. The summed E-state index contributed by atoms with van der Waals surface area (Å²) in [5.41, 5.74) is 1.16. The third-order valence-electron chi connectivity index (χ3n) is 3.25. The molecule has 0 heterocycles. The monoisotopic (exact) mass is 378 g/mol. The molecule has 104 valence electrons. The molecule has 0 radical (unpaired) electrons. The zero-order valence-electron chi connectivity index (χ0n) is 10.7. The van der Waals surface area contributed by atoms with Gasteiger partial charge in [0.1, 0.15) is 0 Å². The maximum absolute atomic E-state index is 12.5. The van der Waals surface area contributed by atoms with Gasteiger partial charge in [0, 0.05) is 15.6 Å². The Hall–Kier alpha value is -1.35. The molecule has 0 N–H and O–H groups in total. The molecular formula is C17H9BrCl2O. The minimum atomic E-state index is -0.0709. The van der Waals surface area contributed by atoms with Crippen molar-refractivity contribution in [1.29, 1.82) is 0 Å². The van der Waals surface area contributed by atoms with E-state index in [-0.39, 0.29) is 5.78 Å². The van der Waals surface area contributed by atoms with Crippen LogP contribution in [-0.4, -0.2) is 5.78 Å². The van der Waals surface area contributed by atoms with Crippen LogP contribution in [0.15, 0.2) is 59.1 Å². The van der Waals surface area contributed by atoms with Crippen molar-refractivity contribution in [3.63, 3.8) is 0 Å². The Morgan fingerprint density at radius 3 is 2.14 bits per heavy atom. The molecule has 0 saturated heterocycles. The van der Waals surface area contributed by atoms with Gasteiger partial charge < -0.3 is 0 Å². The van der Waals surface area contributed by atoms with E-state index in [0.717, 1.165) is 15.2 Å². The van der Waals surface area contributed by atoms with E-state index in [0.29, 0.717) is 21.2 Å². The average molecular weight is 380 g/mol. The number of carbonyl (C=O) groups excluding carboxylic acids is 1. The minimum absolute atomic E-state index is 0.0709. The van der Waals surface area contributed by atoms with Crippen molar-refractivity contribution in [3.8, 4) is 0 Å². The topological polar surface area (TPSA) is 17.1 Å². The number of rotatable bonds is 2. The number of fused-ring (bicyclic) bond motifs is 1. The molecule has 1 nitrogen and oxygen atoms in total. The average Bonchev–Trinajstić information content (AvgIpc) is 2.49. The van der Waals surface area contributed by atoms with Crippen LogP contribution in [0.25, 0.3) is 10.8 Å². The second kappa shape index (κ2) is 5.80. The molecule has 0 amide bonds. The second-order valence-electron chi connectivity index (χ2n) is 4.66. The van der Waals surface area contributed by atoms with Crippen molar-refractivity contribution >= 4 is 55.7 Å². The van der Waals surface area contributed by atoms with Gasteiger partial charge >= 0.3 is 0 Å². The van der Waals surface area contributed by atoms with Crippen LogP contribution in [0.1, 0.15) is 15.9 Å². The third kappa shape index (κ3) is 2.98. The Balaban J connectivity index is 2.04. The van der Waals surface area contributed by atoms with Crippen LogP contribution in [0, 0.1) is 0 Å². The van der Waals surface area contributed by atoms with E-state index in [4.69, 9.17) is 23.2 Å². The van der Waals surface area contributed by atoms with Gasteiger partial charge in [0.2, 0.25) is 0 Å². The van der Waals surface area contributed by atoms with Crippen LogP contribution in [0.3, 0.4) is 0 Å². The SMILES string of the molecule is O=C(c1ccc(Cl)c(Cl)c1)c1ccc2cc(Br)ccc2c1. The van der Waals surface area contributed by atoms with E-state index < -0.39 is 0 Å². The molecule has 3 aromatic carbocycles. The first-order valence-corrected chi connectivity index (χ1v) is 7.78. The van der Waals surface area contributed by atoms with E-state index >= 15 is 0 Å². The first-order valence-electron chi connectivity index (χ1n) is 6.24. The van der Waals surface area contributed by atoms with E-state index in [1.54, 1.807) is 18.2 Å². The summed E-state index contributed by atoms with van der Waals surface area (Å²) < 4.78 is 1.01. The molecule has 4 heteroatoms. The Bertz CT molecular complexity index is 859. The summed E-state index contributed by atoms with van der Waals surface area (Å²) in [6.45, 7) is 0. The van der Waals surface area contributed by atoms with Gasteiger partial charge in [-0.3, -0.25) is 4.79 Å². The number of ketones is 1. The highest BCUT2D eigenvalue weighted by Gasteiger charge is 2.11. The van der Waals surface area contributed by atoms with Crippen LogP contribution in [0.5, 0.6) is 0 Å². The fourth-order valence-electron chi connectivity index (χ4n) is 2.16. The summed E-state index contributed by atoms with van der Waals surface area (Å²) in [6, 6.07) is 16.5. The Morgan fingerprint density at radius 2 is 1.38 bits per heavy atom. The van der Waals surface area contributed by atoms with E-state index in [1.165, 1.54) is 0 Å². The van der Waals surface area contributed by atoms with Gasteiger partial charge in [-0.1, -0.05) is 57.3 Å². The van der Waals surface area contributed by atoms with Crippen LogP contribution in [0.2, 0.25) is 10.0 Å². The quantitative estimate of drug-likeness (QED) is 0.488. The third-order valence-corrected chi connectivity index (χ3v) is 4.48. The molecule has 0 aromatic heterocycles. The molecule has 3 aromatic rings. The highest BCUT2D eigenvalue weighted by Crippen LogP contribution is 2.25. The van der Waals surface area contributed by atoms with Gasteiger partial charge in [-0.05, 0) is 47.2 Å². The number of benzene rings is 3. The van der Waals surface area contributed by atoms with E-state index in [2.05, 4.69) is 15.9 Å². The maximum Gasteiger partial charge on any atom is 0.193 e. The van der Waals surface area contributed by atoms with E-state index in [1.807, 2.05) is 36.4 Å². The van der Waals surface area contributed by atoms with Gasteiger partial charge in [0.25, 0.3) is 0 Å². The maximum atomic E-state index is 12.5. The summed E-state index contributed by atoms with van der Waals surface area (Å²) in [5, 5.41) is 2.92. The first-order chi connectivity index (χ1) is 10.0. The summed E-state index contributed by atoms with van der Waals surface area (Å²) in [4.78, 5) is 12.5.